The summed E-state index contributed by atoms with van der Waals surface area (Å²) in [4.78, 5) is 0. The summed E-state index contributed by atoms with van der Waals surface area (Å²) >= 11 is -3.04. The molecule has 4 unspecified atom stereocenters. The molecule has 0 fully saturated rings. The van der Waals surface area contributed by atoms with E-state index in [1.54, 1.807) is 7.02 Å². The van der Waals surface area contributed by atoms with Crippen molar-refractivity contribution in [3.8, 4) is 0 Å². The maximum absolute atomic E-state index is 2.62. The molecule has 0 radical (unpaired) electrons. The summed E-state index contributed by atoms with van der Waals surface area (Å²) in [7, 11) is 0. The predicted molar refractivity (Wildman–Crippen MR) is 126 cm³/mol. The fourth-order valence-corrected chi connectivity index (χ4v) is 23.8. The number of allylic oxidation sites excluding steroid dienone is 8. The van der Waals surface area contributed by atoms with Crippen molar-refractivity contribution >= 4 is 47.4 Å². The van der Waals surface area contributed by atoms with Gasteiger partial charge in [-0.1, -0.05) is 0 Å². The maximum atomic E-state index is 2.62. The van der Waals surface area contributed by atoms with Gasteiger partial charge in [-0.05, 0) is 0 Å². The van der Waals surface area contributed by atoms with E-state index in [9.17, 15) is 0 Å². The second-order valence-electron chi connectivity index (χ2n) is 8.62. The fraction of sp³-hybridized carbons (Fsp3) is 0.462. The summed E-state index contributed by atoms with van der Waals surface area (Å²) in [5.41, 5.74) is 0. The monoisotopic (exact) mass is 586 g/mol. The summed E-state index contributed by atoms with van der Waals surface area (Å²) in [6, 6.07) is 10.5. The average molecular weight is 588 g/mol. The third kappa shape index (κ3) is 4.16. The van der Waals surface area contributed by atoms with Gasteiger partial charge in [0.15, 0.2) is 0 Å². The van der Waals surface area contributed by atoms with Crippen molar-refractivity contribution in [2.45, 2.75) is 66.8 Å². The van der Waals surface area contributed by atoms with Crippen LogP contribution in [0.3, 0.4) is 0 Å². The van der Waals surface area contributed by atoms with Crippen LogP contribution in [0.5, 0.6) is 0 Å². The van der Waals surface area contributed by atoms with E-state index in [2.05, 4.69) is 72.9 Å². The number of rotatable bonds is 6. The molecule has 4 aliphatic carbocycles. The summed E-state index contributed by atoms with van der Waals surface area (Å²) in [5, 5.41) is 0. The Morgan fingerprint density at radius 3 is 0.964 bits per heavy atom. The molecule has 0 bridgehead atoms. The van der Waals surface area contributed by atoms with Crippen LogP contribution < -0.4 is 7.02 Å². The van der Waals surface area contributed by atoms with Crippen LogP contribution in [0, 0.1) is 0 Å². The summed E-state index contributed by atoms with van der Waals surface area (Å²) in [6.07, 6.45) is 31.2. The Balaban J connectivity index is 1.42. The second kappa shape index (κ2) is 9.31. The molecule has 2 heteroatoms. The van der Waals surface area contributed by atoms with E-state index in [1.165, 1.54) is 51.4 Å². The van der Waals surface area contributed by atoms with Crippen molar-refractivity contribution in [2.75, 3.05) is 0 Å². The van der Waals surface area contributed by atoms with Gasteiger partial charge in [0, 0.05) is 0 Å². The van der Waals surface area contributed by atoms with Crippen LogP contribution in [0.2, 0.25) is 15.5 Å². The number of hydrogen-bond donors (Lipinski definition) is 0. The van der Waals surface area contributed by atoms with Gasteiger partial charge in [-0.25, -0.2) is 0 Å². The molecule has 146 valence electrons. The molecular weight excluding hydrogens is 556 g/mol. The first-order valence-electron chi connectivity index (χ1n) is 11.2. The Hall–Kier alpha value is -0.184. The van der Waals surface area contributed by atoms with Crippen molar-refractivity contribution in [3.63, 3.8) is 0 Å². The van der Waals surface area contributed by atoms with E-state index in [1.807, 2.05) is 0 Å². The quantitative estimate of drug-likeness (QED) is 0.284. The van der Waals surface area contributed by atoms with Crippen LogP contribution in [0.4, 0.5) is 0 Å². The van der Waals surface area contributed by atoms with Crippen molar-refractivity contribution in [3.05, 3.63) is 72.9 Å². The van der Waals surface area contributed by atoms with Gasteiger partial charge in [0.1, 0.15) is 0 Å². The minimum atomic E-state index is -1.52. The molecule has 0 spiro atoms. The Morgan fingerprint density at radius 2 is 0.750 bits per heavy atom. The zero-order valence-corrected chi connectivity index (χ0v) is 21.9. The summed E-state index contributed by atoms with van der Waals surface area (Å²) in [5.74, 6) is 0. The molecule has 0 amide bonds. The van der Waals surface area contributed by atoms with E-state index in [0.717, 1.165) is 15.5 Å². The third-order valence-corrected chi connectivity index (χ3v) is 25.0. The molecule has 0 heterocycles. The van der Waals surface area contributed by atoms with Gasteiger partial charge in [0.25, 0.3) is 0 Å². The van der Waals surface area contributed by atoms with Gasteiger partial charge in [-0.2, -0.15) is 0 Å². The molecule has 28 heavy (non-hydrogen) atoms. The number of benzene rings is 1. The average Bonchev–Trinajstić information content (AvgIpc) is 3.52. The molecule has 0 nitrogen and oxygen atoms in total. The molecule has 0 aromatic heterocycles. The topological polar surface area (TPSA) is 0 Å². The first kappa shape index (κ1) is 19.8. The van der Waals surface area contributed by atoms with Crippen LogP contribution in [0.15, 0.2) is 72.9 Å². The van der Waals surface area contributed by atoms with Crippen LogP contribution in [-0.2, 0) is 0 Å². The molecule has 1 aromatic rings. The molecule has 4 aliphatic rings. The van der Waals surface area contributed by atoms with Gasteiger partial charge in [-0.3, -0.25) is 0 Å². The standard InChI is InChI=1S/C6H4.4C5H7.2Sb/c1-2-4-6-5-3-1;4*1-2-4-5-3-1;;/h1-2,5-6H;4*1-3H,4-5H2;;. The molecule has 1 aromatic carbocycles. The van der Waals surface area contributed by atoms with Crippen molar-refractivity contribution < 1.29 is 0 Å². The molecule has 0 N–H and O–H groups in total. The van der Waals surface area contributed by atoms with E-state index >= 15 is 0 Å². The van der Waals surface area contributed by atoms with E-state index in [4.69, 9.17) is 0 Å². The molecule has 4 atom stereocenters. The molecule has 0 saturated carbocycles. The van der Waals surface area contributed by atoms with Gasteiger partial charge in [-0.15, -0.1) is 0 Å². The van der Waals surface area contributed by atoms with Crippen LogP contribution >= 0.6 is 0 Å². The Labute approximate surface area is 185 Å². The van der Waals surface area contributed by atoms with Crippen LogP contribution in [-0.4, -0.2) is 40.4 Å². The third-order valence-electron chi connectivity index (χ3n) is 6.82. The SMILES string of the molecule is C1=C[CH]([Sb]([c]2cc[c]([Sb]([CH]3C=CCC3)[CH]3C=CCC3)cc2)[CH]2C=CCC2)CC1. The molecule has 0 saturated heterocycles. The number of hydrogen-bond acceptors (Lipinski definition) is 0. The zero-order chi connectivity index (χ0) is 18.8. The van der Waals surface area contributed by atoms with E-state index < -0.39 is 40.4 Å². The summed E-state index contributed by atoms with van der Waals surface area (Å²) < 4.78 is 7.26. The van der Waals surface area contributed by atoms with Crippen molar-refractivity contribution in [1.29, 1.82) is 0 Å². The molecule has 5 rings (SSSR count). The first-order chi connectivity index (χ1) is 13.9. The summed E-state index contributed by atoms with van der Waals surface area (Å²) in [6.45, 7) is 0. The molecular formula is C26H32Sb2. The second-order valence-corrected chi connectivity index (χ2v) is 23.8. The Bertz CT molecular complexity index is 674. The van der Waals surface area contributed by atoms with Crippen molar-refractivity contribution in [2.24, 2.45) is 0 Å². The van der Waals surface area contributed by atoms with Gasteiger partial charge >= 0.3 is 187 Å². The van der Waals surface area contributed by atoms with E-state index in [-0.39, 0.29) is 0 Å². The molecule has 0 aliphatic heterocycles. The minimum absolute atomic E-state index is 0.925. The van der Waals surface area contributed by atoms with Gasteiger partial charge in [0.2, 0.25) is 0 Å². The van der Waals surface area contributed by atoms with Gasteiger partial charge in [0.05, 0.1) is 0 Å². The predicted octanol–water partition coefficient (Wildman–Crippen LogP) is 5.97. The van der Waals surface area contributed by atoms with Crippen molar-refractivity contribution in [1.82, 2.24) is 0 Å². The van der Waals surface area contributed by atoms with Crippen LogP contribution in [0.25, 0.3) is 0 Å². The zero-order valence-electron chi connectivity index (χ0n) is 16.8. The Morgan fingerprint density at radius 1 is 0.464 bits per heavy atom. The van der Waals surface area contributed by atoms with Gasteiger partial charge < -0.3 is 0 Å². The van der Waals surface area contributed by atoms with E-state index in [0.29, 0.717) is 0 Å². The first-order valence-corrected chi connectivity index (χ1v) is 19.7. The fourth-order valence-electron chi connectivity index (χ4n) is 5.45. The van der Waals surface area contributed by atoms with Crippen LogP contribution in [0.1, 0.15) is 51.4 Å². The normalized spacial score (nSPS) is 31.2. The Kier molecular flexibility index (Phi) is 6.57.